The summed E-state index contributed by atoms with van der Waals surface area (Å²) in [4.78, 5) is 22.0. The minimum Gasteiger partial charge on any atom is -0.479 e. The van der Waals surface area contributed by atoms with Crippen molar-refractivity contribution in [3.8, 4) is 0 Å². The maximum absolute atomic E-state index is 13.6. The summed E-state index contributed by atoms with van der Waals surface area (Å²) in [5.74, 6) is -2.50. The van der Waals surface area contributed by atoms with Crippen LogP contribution in [0.25, 0.3) is 0 Å². The average molecular weight is 285 g/mol. The number of anilines is 1. The zero-order valence-electron chi connectivity index (χ0n) is 11.3. The molecule has 1 aromatic rings. The van der Waals surface area contributed by atoms with Gasteiger partial charge in [0.05, 0.1) is 0 Å². The van der Waals surface area contributed by atoms with E-state index in [1.54, 1.807) is 20.8 Å². The zero-order chi connectivity index (χ0) is 15.5. The lowest BCUT2D eigenvalue weighted by Gasteiger charge is -2.19. The van der Waals surface area contributed by atoms with Crippen LogP contribution in [0, 0.1) is 5.82 Å². The van der Waals surface area contributed by atoms with Gasteiger partial charge in [0, 0.05) is 11.3 Å². The molecule has 7 heteroatoms. The number of aliphatic hydroxyl groups is 1. The van der Waals surface area contributed by atoms with Crippen LogP contribution in [0.5, 0.6) is 0 Å². The van der Waals surface area contributed by atoms with Crippen molar-refractivity contribution >= 4 is 17.7 Å². The predicted molar refractivity (Wildman–Crippen MR) is 68.9 cm³/mol. The Bertz CT molecular complexity index is 524. The molecule has 110 valence electrons. The number of hydrogen-bond acceptors (Lipinski definition) is 4. The van der Waals surface area contributed by atoms with Crippen molar-refractivity contribution in [2.24, 2.45) is 0 Å². The SMILES string of the molecule is CC(C)(C)OC(=O)Nc1ccc(C(O)C(=O)O)c(F)c1. The van der Waals surface area contributed by atoms with Gasteiger partial charge >= 0.3 is 12.1 Å². The Morgan fingerprint density at radius 2 is 1.95 bits per heavy atom. The molecule has 0 aliphatic carbocycles. The van der Waals surface area contributed by atoms with Crippen molar-refractivity contribution in [3.63, 3.8) is 0 Å². The topological polar surface area (TPSA) is 95.9 Å². The van der Waals surface area contributed by atoms with Gasteiger partial charge in [-0.15, -0.1) is 0 Å². The standard InChI is InChI=1S/C13H16FNO5/c1-13(2,3)20-12(19)15-7-4-5-8(9(14)6-7)10(16)11(17)18/h4-6,10,16H,1-3H3,(H,15,19)(H,17,18). The van der Waals surface area contributed by atoms with Gasteiger partial charge in [-0.1, -0.05) is 6.07 Å². The van der Waals surface area contributed by atoms with E-state index in [2.05, 4.69) is 5.32 Å². The molecule has 0 saturated carbocycles. The predicted octanol–water partition coefficient (Wildman–Crippen LogP) is 2.29. The fraction of sp³-hybridized carbons (Fsp3) is 0.385. The minimum atomic E-state index is -1.95. The first kappa shape index (κ1) is 15.9. The van der Waals surface area contributed by atoms with Crippen molar-refractivity contribution in [2.45, 2.75) is 32.5 Å². The molecule has 0 radical (unpaired) electrons. The summed E-state index contributed by atoms with van der Waals surface area (Å²) in [6.45, 7) is 5.04. The van der Waals surface area contributed by atoms with Gasteiger partial charge in [-0.25, -0.2) is 14.0 Å². The highest BCUT2D eigenvalue weighted by molar-refractivity contribution is 5.85. The molecule has 0 spiro atoms. The van der Waals surface area contributed by atoms with Gasteiger partial charge in [-0.05, 0) is 32.9 Å². The van der Waals surface area contributed by atoms with Gasteiger partial charge in [0.1, 0.15) is 11.4 Å². The van der Waals surface area contributed by atoms with E-state index in [0.29, 0.717) is 0 Å². The Morgan fingerprint density at radius 3 is 2.40 bits per heavy atom. The first-order valence-corrected chi connectivity index (χ1v) is 5.80. The van der Waals surface area contributed by atoms with E-state index in [1.165, 1.54) is 6.07 Å². The second kappa shape index (κ2) is 5.87. The highest BCUT2D eigenvalue weighted by Crippen LogP contribution is 2.21. The number of halogens is 1. The molecule has 0 aliphatic heterocycles. The van der Waals surface area contributed by atoms with Gasteiger partial charge in [0.15, 0.2) is 6.10 Å². The van der Waals surface area contributed by atoms with Crippen molar-refractivity contribution in [1.82, 2.24) is 0 Å². The number of carboxylic acids is 1. The summed E-state index contributed by atoms with van der Waals surface area (Å²) in [6, 6.07) is 3.26. The molecular formula is C13H16FNO5. The lowest BCUT2D eigenvalue weighted by atomic mass is 10.1. The minimum absolute atomic E-state index is 0.0955. The maximum atomic E-state index is 13.6. The largest absolute Gasteiger partial charge is 0.479 e. The smallest absolute Gasteiger partial charge is 0.412 e. The number of benzene rings is 1. The summed E-state index contributed by atoms with van der Waals surface area (Å²) in [5, 5.41) is 20.2. The molecule has 0 heterocycles. The van der Waals surface area contributed by atoms with E-state index in [4.69, 9.17) is 9.84 Å². The van der Waals surface area contributed by atoms with Crippen LogP contribution in [0.1, 0.15) is 32.4 Å². The van der Waals surface area contributed by atoms with Gasteiger partial charge in [0.25, 0.3) is 0 Å². The van der Waals surface area contributed by atoms with Gasteiger partial charge in [-0.2, -0.15) is 0 Å². The molecule has 6 nitrogen and oxygen atoms in total. The summed E-state index contributed by atoms with van der Waals surface area (Å²) >= 11 is 0. The number of carboxylic acid groups (broad SMARTS) is 1. The number of nitrogens with one attached hydrogen (secondary N) is 1. The number of hydrogen-bond donors (Lipinski definition) is 3. The second-order valence-electron chi connectivity index (χ2n) is 5.10. The Balaban J connectivity index is 2.83. The number of carbonyl (C=O) groups is 2. The van der Waals surface area contributed by atoms with Crippen LogP contribution < -0.4 is 5.32 Å². The molecule has 20 heavy (non-hydrogen) atoms. The number of amides is 1. The third-order valence-electron chi connectivity index (χ3n) is 2.17. The quantitative estimate of drug-likeness (QED) is 0.791. The Morgan fingerprint density at radius 1 is 1.35 bits per heavy atom. The van der Waals surface area contributed by atoms with Crippen molar-refractivity contribution < 1.29 is 28.9 Å². The van der Waals surface area contributed by atoms with Crippen LogP contribution in [0.2, 0.25) is 0 Å². The summed E-state index contributed by atoms with van der Waals surface area (Å²) in [7, 11) is 0. The zero-order valence-corrected chi connectivity index (χ0v) is 11.3. The van der Waals surface area contributed by atoms with Crippen LogP contribution in [-0.2, 0) is 9.53 Å². The molecule has 1 amide bonds. The van der Waals surface area contributed by atoms with Crippen molar-refractivity contribution in [1.29, 1.82) is 0 Å². The molecule has 0 bridgehead atoms. The monoisotopic (exact) mass is 285 g/mol. The molecule has 3 N–H and O–H groups in total. The first-order valence-electron chi connectivity index (χ1n) is 5.80. The van der Waals surface area contributed by atoms with Crippen molar-refractivity contribution in [3.05, 3.63) is 29.6 Å². The molecule has 0 fully saturated rings. The summed E-state index contributed by atoms with van der Waals surface area (Å²) < 4.78 is 18.6. The van der Waals surface area contributed by atoms with E-state index in [1.807, 2.05) is 0 Å². The van der Waals surface area contributed by atoms with E-state index >= 15 is 0 Å². The Labute approximate surface area is 115 Å². The third-order valence-corrected chi connectivity index (χ3v) is 2.17. The molecule has 1 atom stereocenters. The van der Waals surface area contributed by atoms with E-state index in [0.717, 1.165) is 12.1 Å². The molecule has 1 unspecified atom stereocenters. The molecule has 0 aliphatic rings. The highest BCUT2D eigenvalue weighted by atomic mass is 19.1. The summed E-state index contributed by atoms with van der Waals surface area (Å²) in [6.07, 6.45) is -2.71. The van der Waals surface area contributed by atoms with Crippen LogP contribution >= 0.6 is 0 Å². The first-order chi connectivity index (χ1) is 9.10. The van der Waals surface area contributed by atoms with Crippen LogP contribution in [0.3, 0.4) is 0 Å². The number of carbonyl (C=O) groups excluding carboxylic acids is 1. The maximum Gasteiger partial charge on any atom is 0.412 e. The Hall–Kier alpha value is -2.15. The fourth-order valence-corrected chi connectivity index (χ4v) is 1.38. The molecule has 1 aromatic carbocycles. The van der Waals surface area contributed by atoms with E-state index < -0.39 is 29.6 Å². The van der Waals surface area contributed by atoms with Gasteiger partial charge in [-0.3, -0.25) is 5.32 Å². The van der Waals surface area contributed by atoms with Crippen molar-refractivity contribution in [2.75, 3.05) is 5.32 Å². The lowest BCUT2D eigenvalue weighted by molar-refractivity contribution is -0.147. The second-order valence-corrected chi connectivity index (χ2v) is 5.10. The molecular weight excluding hydrogens is 269 g/mol. The van der Waals surface area contributed by atoms with Gasteiger partial charge in [0.2, 0.25) is 0 Å². The number of ether oxygens (including phenoxy) is 1. The van der Waals surface area contributed by atoms with E-state index in [-0.39, 0.29) is 11.3 Å². The highest BCUT2D eigenvalue weighted by Gasteiger charge is 2.21. The van der Waals surface area contributed by atoms with E-state index in [9.17, 15) is 19.1 Å². The third kappa shape index (κ3) is 4.51. The van der Waals surface area contributed by atoms with Crippen LogP contribution in [0.15, 0.2) is 18.2 Å². The molecule has 0 aromatic heterocycles. The average Bonchev–Trinajstić information content (AvgIpc) is 2.25. The summed E-state index contributed by atoms with van der Waals surface area (Å²) in [5.41, 5.74) is -0.979. The number of aliphatic hydroxyl groups excluding tert-OH is 1. The van der Waals surface area contributed by atoms with Crippen LogP contribution in [0.4, 0.5) is 14.9 Å². The molecule has 0 saturated heterocycles. The van der Waals surface area contributed by atoms with Gasteiger partial charge < -0.3 is 14.9 Å². The lowest BCUT2D eigenvalue weighted by Crippen LogP contribution is -2.27. The Kier molecular flexibility index (Phi) is 4.67. The number of aliphatic carboxylic acids is 1. The number of rotatable bonds is 3. The normalized spacial score (nSPS) is 12.7. The molecule has 1 rings (SSSR count). The van der Waals surface area contributed by atoms with Crippen LogP contribution in [-0.4, -0.2) is 27.9 Å². The fourth-order valence-electron chi connectivity index (χ4n) is 1.38.